The van der Waals surface area contributed by atoms with Gasteiger partial charge in [0.15, 0.2) is 5.78 Å². The van der Waals surface area contributed by atoms with E-state index in [1.165, 1.54) is 0 Å². The maximum Gasteiger partial charge on any atom is 0.159 e. The topological polar surface area (TPSA) is 37.3 Å². The van der Waals surface area contributed by atoms with E-state index in [1.54, 1.807) is 19.1 Å². The molecule has 0 bridgehead atoms. The average molecular weight is 204 g/mol. The molecule has 0 aliphatic carbocycles. The summed E-state index contributed by atoms with van der Waals surface area (Å²) in [7, 11) is 0. The summed E-state index contributed by atoms with van der Waals surface area (Å²) in [6.45, 7) is 3.65. The lowest BCUT2D eigenvalue weighted by molar-refractivity contribution is 0.101. The second-order valence-electron chi connectivity index (χ2n) is 3.49. The number of Topliss-reactive ketones (excluding diaryl/α,β-unsaturated/α-hetero) is 1. The summed E-state index contributed by atoms with van der Waals surface area (Å²) in [5.41, 5.74) is 2.73. The molecule has 0 fully saturated rings. The first-order valence-corrected chi connectivity index (χ1v) is 5.08. The van der Waals surface area contributed by atoms with E-state index < -0.39 is 0 Å². The molecule has 0 saturated carbocycles. The molecular formula is C13H16O2. The van der Waals surface area contributed by atoms with Gasteiger partial charge in [0.05, 0.1) is 6.61 Å². The number of hydrogen-bond acceptors (Lipinski definition) is 2. The van der Waals surface area contributed by atoms with E-state index in [-0.39, 0.29) is 12.4 Å². The first kappa shape index (κ1) is 11.7. The molecule has 0 aromatic heterocycles. The molecule has 1 aromatic rings. The number of rotatable bonds is 4. The van der Waals surface area contributed by atoms with Crippen molar-refractivity contribution in [3.63, 3.8) is 0 Å². The highest BCUT2D eigenvalue weighted by molar-refractivity contribution is 5.94. The predicted octanol–water partition coefficient (Wildman–Crippen LogP) is 2.67. The molecule has 0 unspecified atom stereocenters. The van der Waals surface area contributed by atoms with Crippen LogP contribution in [0.2, 0.25) is 0 Å². The summed E-state index contributed by atoms with van der Waals surface area (Å²) in [5, 5.41) is 9.01. The van der Waals surface area contributed by atoms with E-state index in [0.717, 1.165) is 17.6 Å². The molecule has 80 valence electrons. The van der Waals surface area contributed by atoms with Crippen molar-refractivity contribution in [3.05, 3.63) is 41.0 Å². The van der Waals surface area contributed by atoms with Gasteiger partial charge in [0.25, 0.3) is 0 Å². The molecule has 0 aliphatic heterocycles. The van der Waals surface area contributed by atoms with Gasteiger partial charge in [-0.1, -0.05) is 37.3 Å². The molecule has 0 spiro atoms. The highest BCUT2D eigenvalue weighted by atomic mass is 16.3. The molecule has 0 radical (unpaired) electrons. The molecule has 0 aliphatic rings. The number of carbonyl (C=O) groups excluding carboxylic acids is 1. The highest BCUT2D eigenvalue weighted by Gasteiger charge is 1.98. The standard InChI is InChI=1S/C13H16O2/c1-3-11(9-14)8-12-4-6-13(7-5-12)10(2)15/h4-8,14H,3,9H2,1-2H3/b11-8-. The number of hydrogen-bond donors (Lipinski definition) is 1. The van der Waals surface area contributed by atoms with E-state index in [2.05, 4.69) is 0 Å². The van der Waals surface area contributed by atoms with Crippen LogP contribution in [-0.4, -0.2) is 17.5 Å². The maximum absolute atomic E-state index is 11.0. The fourth-order valence-electron chi connectivity index (χ4n) is 1.31. The summed E-state index contributed by atoms with van der Waals surface area (Å²) in [5.74, 6) is 0.0726. The average Bonchev–Trinajstić information content (AvgIpc) is 2.26. The minimum Gasteiger partial charge on any atom is -0.392 e. The third-order valence-corrected chi connectivity index (χ3v) is 2.35. The third-order valence-electron chi connectivity index (χ3n) is 2.35. The molecule has 2 heteroatoms. The van der Waals surface area contributed by atoms with Crippen LogP contribution in [0.3, 0.4) is 0 Å². The van der Waals surface area contributed by atoms with Gasteiger partial charge in [0.2, 0.25) is 0 Å². The lowest BCUT2D eigenvalue weighted by Gasteiger charge is -2.01. The summed E-state index contributed by atoms with van der Waals surface area (Å²) < 4.78 is 0. The van der Waals surface area contributed by atoms with Crippen molar-refractivity contribution in [1.82, 2.24) is 0 Å². The normalized spacial score (nSPS) is 11.5. The van der Waals surface area contributed by atoms with Crippen LogP contribution in [0.5, 0.6) is 0 Å². The van der Waals surface area contributed by atoms with Gasteiger partial charge in [-0.05, 0) is 24.5 Å². The van der Waals surface area contributed by atoms with Crippen LogP contribution in [0.4, 0.5) is 0 Å². The van der Waals surface area contributed by atoms with Crippen molar-refractivity contribution in [2.45, 2.75) is 20.3 Å². The second-order valence-corrected chi connectivity index (χ2v) is 3.49. The Bertz CT molecular complexity index is 355. The summed E-state index contributed by atoms with van der Waals surface area (Å²) in [4.78, 5) is 11.0. The number of ketones is 1. The molecule has 1 N–H and O–H groups in total. The Labute approximate surface area is 90.3 Å². The molecule has 1 rings (SSSR count). The van der Waals surface area contributed by atoms with Crippen molar-refractivity contribution >= 4 is 11.9 Å². The Morgan fingerprint density at radius 3 is 2.33 bits per heavy atom. The third kappa shape index (κ3) is 3.33. The van der Waals surface area contributed by atoms with Crippen molar-refractivity contribution in [2.75, 3.05) is 6.61 Å². The van der Waals surface area contributed by atoms with Crippen LogP contribution in [0.1, 0.15) is 36.2 Å². The van der Waals surface area contributed by atoms with Crippen molar-refractivity contribution < 1.29 is 9.90 Å². The van der Waals surface area contributed by atoms with Crippen molar-refractivity contribution in [3.8, 4) is 0 Å². The van der Waals surface area contributed by atoms with Gasteiger partial charge in [0.1, 0.15) is 0 Å². The van der Waals surface area contributed by atoms with Gasteiger partial charge in [-0.2, -0.15) is 0 Å². The number of benzene rings is 1. The van der Waals surface area contributed by atoms with Crippen LogP contribution in [-0.2, 0) is 0 Å². The van der Waals surface area contributed by atoms with Crippen LogP contribution < -0.4 is 0 Å². The largest absolute Gasteiger partial charge is 0.392 e. The fraction of sp³-hybridized carbons (Fsp3) is 0.308. The predicted molar refractivity (Wildman–Crippen MR) is 61.8 cm³/mol. The van der Waals surface area contributed by atoms with Gasteiger partial charge < -0.3 is 5.11 Å². The molecule has 0 atom stereocenters. The summed E-state index contributed by atoms with van der Waals surface area (Å²) in [6.07, 6.45) is 2.79. The smallest absolute Gasteiger partial charge is 0.159 e. The van der Waals surface area contributed by atoms with Gasteiger partial charge in [-0.25, -0.2) is 0 Å². The van der Waals surface area contributed by atoms with E-state index >= 15 is 0 Å². The number of aliphatic hydroxyl groups excluding tert-OH is 1. The minimum atomic E-state index is 0.0726. The van der Waals surface area contributed by atoms with Crippen LogP contribution in [0, 0.1) is 0 Å². The summed E-state index contributed by atoms with van der Waals surface area (Å²) in [6, 6.07) is 7.39. The Hall–Kier alpha value is -1.41. The molecule has 1 aromatic carbocycles. The van der Waals surface area contributed by atoms with Gasteiger partial charge >= 0.3 is 0 Å². The van der Waals surface area contributed by atoms with E-state index in [0.29, 0.717) is 5.56 Å². The van der Waals surface area contributed by atoms with Crippen molar-refractivity contribution in [1.29, 1.82) is 0 Å². The fourth-order valence-corrected chi connectivity index (χ4v) is 1.31. The quantitative estimate of drug-likeness (QED) is 0.765. The Morgan fingerprint density at radius 1 is 1.33 bits per heavy atom. The monoisotopic (exact) mass is 204 g/mol. The lowest BCUT2D eigenvalue weighted by atomic mass is 10.1. The molecule has 0 saturated heterocycles. The number of carbonyl (C=O) groups is 1. The number of aliphatic hydroxyl groups is 1. The summed E-state index contributed by atoms with van der Waals surface area (Å²) >= 11 is 0. The first-order valence-electron chi connectivity index (χ1n) is 5.08. The van der Waals surface area contributed by atoms with Gasteiger partial charge in [-0.15, -0.1) is 0 Å². The molecular weight excluding hydrogens is 188 g/mol. The maximum atomic E-state index is 11.0. The van der Waals surface area contributed by atoms with Gasteiger partial charge in [0, 0.05) is 5.56 Å². The zero-order valence-electron chi connectivity index (χ0n) is 9.16. The Morgan fingerprint density at radius 2 is 1.93 bits per heavy atom. The van der Waals surface area contributed by atoms with Crippen LogP contribution in [0.25, 0.3) is 6.08 Å². The van der Waals surface area contributed by atoms with Gasteiger partial charge in [-0.3, -0.25) is 4.79 Å². The van der Waals surface area contributed by atoms with E-state index in [9.17, 15) is 4.79 Å². The van der Waals surface area contributed by atoms with Crippen molar-refractivity contribution in [2.24, 2.45) is 0 Å². The van der Waals surface area contributed by atoms with E-state index in [4.69, 9.17) is 5.11 Å². The Balaban J connectivity index is 2.89. The van der Waals surface area contributed by atoms with E-state index in [1.807, 2.05) is 25.1 Å². The lowest BCUT2D eigenvalue weighted by Crippen LogP contribution is -1.91. The minimum absolute atomic E-state index is 0.0726. The molecule has 0 amide bonds. The molecule has 0 heterocycles. The SMILES string of the molecule is CC/C(=C/c1ccc(C(C)=O)cc1)CO. The first-order chi connectivity index (χ1) is 7.17. The molecule has 2 nitrogen and oxygen atoms in total. The van der Waals surface area contributed by atoms with Crippen LogP contribution >= 0.6 is 0 Å². The Kier molecular flexibility index (Phi) is 4.25. The second kappa shape index (κ2) is 5.47. The van der Waals surface area contributed by atoms with Crippen LogP contribution in [0.15, 0.2) is 29.8 Å². The zero-order valence-corrected chi connectivity index (χ0v) is 9.16. The highest BCUT2D eigenvalue weighted by Crippen LogP contribution is 2.11. The molecule has 15 heavy (non-hydrogen) atoms. The zero-order chi connectivity index (χ0) is 11.3.